The predicted molar refractivity (Wildman–Crippen MR) is 89.2 cm³/mol. The van der Waals surface area contributed by atoms with Crippen LogP contribution in [0.3, 0.4) is 0 Å². The Morgan fingerprint density at radius 3 is 2.25 bits per heavy atom. The molecule has 1 aliphatic rings. The van der Waals surface area contributed by atoms with Crippen LogP contribution in [0.4, 0.5) is 0 Å². The van der Waals surface area contributed by atoms with E-state index in [4.69, 9.17) is 4.74 Å². The van der Waals surface area contributed by atoms with E-state index in [2.05, 4.69) is 0 Å². The Morgan fingerprint density at radius 1 is 1.08 bits per heavy atom. The molecule has 1 saturated heterocycles. The first-order chi connectivity index (χ1) is 11.2. The number of hydrogen-bond donors (Lipinski definition) is 0. The third-order valence-electron chi connectivity index (χ3n) is 4.13. The summed E-state index contributed by atoms with van der Waals surface area (Å²) in [6.07, 6.45) is 1.15. The molecule has 0 spiro atoms. The van der Waals surface area contributed by atoms with E-state index in [1.807, 2.05) is 19.9 Å². The number of esters is 1. The molecule has 0 bridgehead atoms. The topological polar surface area (TPSA) is 84.0 Å². The number of aryl methyl sites for hydroxylation is 2. The van der Waals surface area contributed by atoms with Gasteiger partial charge in [0.25, 0.3) is 5.91 Å². The largest absolute Gasteiger partial charge is 0.452 e. The molecule has 8 heteroatoms. The first-order valence-electron chi connectivity index (χ1n) is 7.66. The van der Waals surface area contributed by atoms with Crippen LogP contribution in [0, 0.1) is 13.8 Å². The van der Waals surface area contributed by atoms with Crippen molar-refractivity contribution in [1.82, 2.24) is 9.21 Å². The van der Waals surface area contributed by atoms with Gasteiger partial charge < -0.3 is 9.64 Å². The van der Waals surface area contributed by atoms with Crippen LogP contribution in [0.2, 0.25) is 0 Å². The Labute approximate surface area is 142 Å². The monoisotopic (exact) mass is 354 g/mol. The molecule has 1 fully saturated rings. The highest BCUT2D eigenvalue weighted by atomic mass is 32.2. The second-order valence-electron chi connectivity index (χ2n) is 5.92. The van der Waals surface area contributed by atoms with Crippen LogP contribution in [0.15, 0.2) is 18.2 Å². The molecule has 0 N–H and O–H groups in total. The van der Waals surface area contributed by atoms with Gasteiger partial charge in [0.2, 0.25) is 10.0 Å². The molecule has 0 aromatic heterocycles. The number of piperazine rings is 1. The molecule has 1 aromatic rings. The van der Waals surface area contributed by atoms with E-state index >= 15 is 0 Å². The zero-order valence-corrected chi connectivity index (χ0v) is 14.9. The molecule has 7 nitrogen and oxygen atoms in total. The summed E-state index contributed by atoms with van der Waals surface area (Å²) in [6.45, 7) is 4.62. The summed E-state index contributed by atoms with van der Waals surface area (Å²) in [5.74, 6) is -0.860. The van der Waals surface area contributed by atoms with Crippen LogP contribution in [-0.2, 0) is 19.6 Å². The summed E-state index contributed by atoms with van der Waals surface area (Å²) in [4.78, 5) is 25.6. The van der Waals surface area contributed by atoms with E-state index in [0.717, 1.165) is 17.4 Å². The van der Waals surface area contributed by atoms with Crippen LogP contribution >= 0.6 is 0 Å². The average Bonchev–Trinajstić information content (AvgIpc) is 2.54. The first-order valence-corrected chi connectivity index (χ1v) is 9.50. The highest BCUT2D eigenvalue weighted by molar-refractivity contribution is 7.88. The molecular weight excluding hydrogens is 332 g/mol. The number of ether oxygens (including phenoxy) is 1. The molecular formula is C16H22N2O5S. The van der Waals surface area contributed by atoms with Crippen molar-refractivity contribution in [2.24, 2.45) is 0 Å². The van der Waals surface area contributed by atoms with Gasteiger partial charge in [0.15, 0.2) is 6.61 Å². The molecule has 24 heavy (non-hydrogen) atoms. The number of carbonyl (C=O) groups is 2. The Morgan fingerprint density at radius 2 is 1.71 bits per heavy atom. The van der Waals surface area contributed by atoms with Gasteiger partial charge in [-0.25, -0.2) is 13.2 Å². The highest BCUT2D eigenvalue weighted by Crippen LogP contribution is 2.11. The van der Waals surface area contributed by atoms with Gasteiger partial charge in [0.05, 0.1) is 11.8 Å². The van der Waals surface area contributed by atoms with Crippen molar-refractivity contribution >= 4 is 21.9 Å². The molecule has 0 atom stereocenters. The fourth-order valence-electron chi connectivity index (χ4n) is 2.44. The number of hydrogen-bond acceptors (Lipinski definition) is 5. The first kappa shape index (κ1) is 18.4. The van der Waals surface area contributed by atoms with Gasteiger partial charge in [0, 0.05) is 26.2 Å². The van der Waals surface area contributed by atoms with Crippen molar-refractivity contribution < 1.29 is 22.7 Å². The van der Waals surface area contributed by atoms with Gasteiger partial charge in [-0.05, 0) is 37.1 Å². The molecule has 1 aromatic carbocycles. The number of rotatable bonds is 4. The molecule has 2 rings (SSSR count). The maximum atomic E-state index is 12.1. The third-order valence-corrected chi connectivity index (χ3v) is 5.43. The summed E-state index contributed by atoms with van der Waals surface area (Å²) >= 11 is 0. The molecule has 0 saturated carbocycles. The van der Waals surface area contributed by atoms with E-state index < -0.39 is 16.0 Å². The maximum Gasteiger partial charge on any atom is 0.338 e. The molecule has 1 heterocycles. The quantitative estimate of drug-likeness (QED) is 0.738. The lowest BCUT2D eigenvalue weighted by Crippen LogP contribution is -2.51. The molecule has 1 amide bonds. The fraction of sp³-hybridized carbons (Fsp3) is 0.500. The maximum absolute atomic E-state index is 12.1. The summed E-state index contributed by atoms with van der Waals surface area (Å²) < 4.78 is 29.3. The van der Waals surface area contributed by atoms with E-state index in [9.17, 15) is 18.0 Å². The number of benzene rings is 1. The van der Waals surface area contributed by atoms with Gasteiger partial charge >= 0.3 is 5.97 Å². The zero-order valence-electron chi connectivity index (χ0n) is 14.1. The molecule has 0 radical (unpaired) electrons. The van der Waals surface area contributed by atoms with Gasteiger partial charge in [0.1, 0.15) is 0 Å². The smallest absolute Gasteiger partial charge is 0.338 e. The van der Waals surface area contributed by atoms with E-state index in [1.165, 1.54) is 9.21 Å². The van der Waals surface area contributed by atoms with Crippen molar-refractivity contribution in [1.29, 1.82) is 0 Å². The lowest BCUT2D eigenvalue weighted by atomic mass is 10.1. The van der Waals surface area contributed by atoms with Gasteiger partial charge in [-0.2, -0.15) is 4.31 Å². The fourth-order valence-corrected chi connectivity index (χ4v) is 3.27. The number of sulfonamides is 1. The lowest BCUT2D eigenvalue weighted by Gasteiger charge is -2.33. The van der Waals surface area contributed by atoms with E-state index in [1.54, 1.807) is 12.1 Å². The zero-order chi connectivity index (χ0) is 17.9. The van der Waals surface area contributed by atoms with E-state index in [-0.39, 0.29) is 25.6 Å². The Kier molecular flexibility index (Phi) is 5.61. The van der Waals surface area contributed by atoms with Crippen molar-refractivity contribution in [2.45, 2.75) is 13.8 Å². The second kappa shape index (κ2) is 7.31. The SMILES string of the molecule is Cc1ccc(C(=O)OCC(=O)N2CCN(S(C)(=O)=O)CC2)cc1C. The minimum absolute atomic E-state index is 0.260. The molecule has 0 aliphatic carbocycles. The van der Waals surface area contributed by atoms with Crippen LogP contribution in [0.5, 0.6) is 0 Å². The predicted octanol–water partition coefficient (Wildman–Crippen LogP) is 0.564. The van der Waals surface area contributed by atoms with Gasteiger partial charge in [-0.1, -0.05) is 6.07 Å². The summed E-state index contributed by atoms with van der Waals surface area (Å²) in [5.41, 5.74) is 2.46. The van der Waals surface area contributed by atoms with Gasteiger partial charge in [-0.15, -0.1) is 0 Å². The summed E-state index contributed by atoms with van der Waals surface area (Å²) in [7, 11) is -3.23. The number of nitrogens with zero attached hydrogens (tertiary/aromatic N) is 2. The minimum atomic E-state index is -3.23. The summed E-state index contributed by atoms with van der Waals surface area (Å²) in [6, 6.07) is 5.23. The van der Waals surface area contributed by atoms with E-state index in [0.29, 0.717) is 18.7 Å². The second-order valence-corrected chi connectivity index (χ2v) is 7.90. The third kappa shape index (κ3) is 4.55. The minimum Gasteiger partial charge on any atom is -0.452 e. The highest BCUT2D eigenvalue weighted by Gasteiger charge is 2.26. The van der Waals surface area contributed by atoms with Crippen LogP contribution in [0.1, 0.15) is 21.5 Å². The van der Waals surface area contributed by atoms with Crippen molar-refractivity contribution in [3.05, 3.63) is 34.9 Å². The molecule has 132 valence electrons. The molecule has 1 aliphatic heterocycles. The van der Waals surface area contributed by atoms with Crippen LogP contribution in [-0.4, -0.2) is 68.5 Å². The molecule has 0 unspecified atom stereocenters. The Balaban J connectivity index is 1.85. The standard InChI is InChI=1S/C16H22N2O5S/c1-12-4-5-14(10-13(12)2)16(20)23-11-15(19)17-6-8-18(9-7-17)24(3,21)22/h4-5,10H,6-9,11H2,1-3H3. The van der Waals surface area contributed by atoms with Crippen molar-refractivity contribution in [3.8, 4) is 0 Å². The number of carbonyl (C=O) groups excluding carboxylic acids is 2. The van der Waals surface area contributed by atoms with Crippen molar-refractivity contribution in [2.75, 3.05) is 39.0 Å². The lowest BCUT2D eigenvalue weighted by molar-refractivity contribution is -0.135. The number of amides is 1. The Bertz CT molecular complexity index is 737. The van der Waals surface area contributed by atoms with Crippen molar-refractivity contribution in [3.63, 3.8) is 0 Å². The van der Waals surface area contributed by atoms with Crippen LogP contribution in [0.25, 0.3) is 0 Å². The Hall–Kier alpha value is -1.93. The van der Waals surface area contributed by atoms with Gasteiger partial charge in [-0.3, -0.25) is 4.79 Å². The van der Waals surface area contributed by atoms with Crippen LogP contribution < -0.4 is 0 Å². The summed E-state index contributed by atoms with van der Waals surface area (Å²) in [5, 5.41) is 0. The normalized spacial score (nSPS) is 16.0. The average molecular weight is 354 g/mol.